The van der Waals surface area contributed by atoms with E-state index >= 15 is 0 Å². The average Bonchev–Trinajstić information content (AvgIpc) is 3.03. The maximum atomic E-state index is 4.89. The molecule has 0 aliphatic carbocycles. The van der Waals surface area contributed by atoms with Crippen molar-refractivity contribution >= 4 is 33.5 Å². The number of amidine groups is 1. The highest BCUT2D eigenvalue weighted by atomic mass is 32.1. The van der Waals surface area contributed by atoms with Gasteiger partial charge in [-0.15, -0.1) is 0 Å². The summed E-state index contributed by atoms with van der Waals surface area (Å²) in [6.07, 6.45) is 16.1. The lowest BCUT2D eigenvalue weighted by Gasteiger charge is -2.27. The number of benzene rings is 1. The molecule has 5 heteroatoms. The van der Waals surface area contributed by atoms with Crippen LogP contribution in [0.4, 0.5) is 0 Å². The molecule has 4 nitrogen and oxygen atoms in total. The van der Waals surface area contributed by atoms with Crippen LogP contribution in [0.25, 0.3) is 16.3 Å². The summed E-state index contributed by atoms with van der Waals surface area (Å²) in [4.78, 5) is 7.11. The number of unbranched alkanes of at least 4 members (excludes halogenated alkanes) is 1. The van der Waals surface area contributed by atoms with Crippen LogP contribution in [0, 0.1) is 0 Å². The number of hydrogen-bond donors (Lipinski definition) is 0. The van der Waals surface area contributed by atoms with E-state index in [2.05, 4.69) is 112 Å². The Labute approximate surface area is 191 Å². The second-order valence-corrected chi connectivity index (χ2v) is 10.2. The quantitative estimate of drug-likeness (QED) is 0.238. The van der Waals surface area contributed by atoms with Crippen molar-refractivity contribution in [1.29, 1.82) is 0 Å². The second kappa shape index (κ2) is 10.2. The Hall–Kier alpha value is -2.50. The van der Waals surface area contributed by atoms with Gasteiger partial charge in [-0.25, -0.2) is 4.99 Å². The van der Waals surface area contributed by atoms with E-state index in [1.807, 2.05) is 11.3 Å². The highest BCUT2D eigenvalue weighted by Gasteiger charge is 2.15. The van der Waals surface area contributed by atoms with Gasteiger partial charge in [0.25, 0.3) is 5.01 Å². The number of aromatic nitrogens is 1. The molecule has 1 aliphatic heterocycles. The average molecular weight is 437 g/mol. The minimum absolute atomic E-state index is 1.02. The van der Waals surface area contributed by atoms with Gasteiger partial charge < -0.3 is 9.38 Å². The number of aryl methyl sites for hydroxylation is 1. The molecule has 2 heterocycles. The molecule has 164 valence electrons. The molecule has 0 saturated heterocycles. The standard InChI is InChI=1S/C26H36N4S/c1-21-20-22(27-25(28(21)2)17-12-13-19-30(4,5)6)14-8-7-9-18-26-29(3)23-15-10-11-16-24(23)31-26/h7-11,14-16,18,20H,12-13,17,19H2,1-6H3/q+2. The van der Waals surface area contributed by atoms with Crippen molar-refractivity contribution in [2.45, 2.75) is 26.2 Å². The molecule has 0 saturated carbocycles. The normalized spacial score (nSPS) is 16.7. The van der Waals surface area contributed by atoms with Crippen molar-refractivity contribution in [3.63, 3.8) is 0 Å². The first kappa shape index (κ1) is 23.2. The van der Waals surface area contributed by atoms with Gasteiger partial charge in [-0.1, -0.05) is 41.7 Å². The van der Waals surface area contributed by atoms with Crippen molar-refractivity contribution in [2.75, 3.05) is 34.7 Å². The van der Waals surface area contributed by atoms with Crippen LogP contribution in [0.2, 0.25) is 0 Å². The fraction of sp³-hybridized carbons (Fsp3) is 0.385. The summed E-state index contributed by atoms with van der Waals surface area (Å²) in [5, 5.41) is 1.24. The Kier molecular flexibility index (Phi) is 7.63. The predicted octanol–water partition coefficient (Wildman–Crippen LogP) is 5.30. The monoisotopic (exact) mass is 436 g/mol. The molecule has 0 unspecified atom stereocenters. The first-order valence-corrected chi connectivity index (χ1v) is 11.8. The van der Waals surface area contributed by atoms with E-state index in [1.54, 1.807) is 0 Å². The lowest BCUT2D eigenvalue weighted by molar-refractivity contribution is -0.870. The van der Waals surface area contributed by atoms with Gasteiger partial charge in [0.1, 0.15) is 17.6 Å². The number of rotatable bonds is 8. The zero-order chi connectivity index (χ0) is 22.4. The van der Waals surface area contributed by atoms with E-state index < -0.39 is 0 Å². The summed E-state index contributed by atoms with van der Waals surface area (Å²) >= 11 is 1.81. The van der Waals surface area contributed by atoms with Crippen molar-refractivity contribution in [3.05, 3.63) is 71.0 Å². The van der Waals surface area contributed by atoms with Gasteiger partial charge in [0.15, 0.2) is 0 Å². The summed E-state index contributed by atoms with van der Waals surface area (Å²) in [5.41, 5.74) is 3.53. The highest BCUT2D eigenvalue weighted by Crippen LogP contribution is 2.21. The summed E-state index contributed by atoms with van der Waals surface area (Å²) in [7, 11) is 11.0. The molecule has 0 spiro atoms. The molecule has 0 atom stereocenters. The number of hydrogen-bond acceptors (Lipinski definition) is 3. The SMILES string of the molecule is CC1=C/C(=C/C=C/C=C/c2sc3ccccc3[n+]2C)N=C(CCCC[N+](C)(C)C)N1C. The number of quaternary nitrogens is 1. The number of thiazole rings is 1. The van der Waals surface area contributed by atoms with Gasteiger partial charge in [0.2, 0.25) is 5.52 Å². The Bertz CT molecular complexity index is 1060. The fourth-order valence-electron chi connectivity index (χ4n) is 3.57. The molecule has 2 aromatic rings. The number of allylic oxidation sites excluding steroid dienone is 6. The topological polar surface area (TPSA) is 19.5 Å². The van der Waals surface area contributed by atoms with E-state index in [9.17, 15) is 0 Å². The van der Waals surface area contributed by atoms with Gasteiger partial charge in [-0.05, 0) is 38.0 Å². The van der Waals surface area contributed by atoms with Crippen LogP contribution < -0.4 is 4.57 Å². The van der Waals surface area contributed by atoms with Crippen molar-refractivity contribution in [1.82, 2.24) is 4.90 Å². The molecule has 31 heavy (non-hydrogen) atoms. The van der Waals surface area contributed by atoms with Gasteiger partial charge in [0, 0.05) is 31.3 Å². The first-order chi connectivity index (χ1) is 14.7. The van der Waals surface area contributed by atoms with Crippen molar-refractivity contribution in [3.8, 4) is 0 Å². The van der Waals surface area contributed by atoms with E-state index in [-0.39, 0.29) is 0 Å². The van der Waals surface area contributed by atoms with E-state index in [1.165, 1.54) is 40.3 Å². The van der Waals surface area contributed by atoms with Crippen LogP contribution in [-0.4, -0.2) is 50.0 Å². The zero-order valence-electron chi connectivity index (χ0n) is 19.8. The van der Waals surface area contributed by atoms with Crippen molar-refractivity contribution in [2.24, 2.45) is 12.0 Å². The minimum atomic E-state index is 1.02. The Morgan fingerprint density at radius 2 is 1.87 bits per heavy atom. The maximum absolute atomic E-state index is 4.89. The third-order valence-corrected chi connectivity index (χ3v) is 6.69. The van der Waals surface area contributed by atoms with E-state index in [4.69, 9.17) is 4.99 Å². The fourth-order valence-corrected chi connectivity index (χ4v) is 4.63. The summed E-state index contributed by atoms with van der Waals surface area (Å²) in [6.45, 7) is 3.35. The molecule has 0 radical (unpaired) electrons. The Morgan fingerprint density at radius 3 is 2.61 bits per heavy atom. The van der Waals surface area contributed by atoms with Crippen LogP contribution in [0.1, 0.15) is 31.2 Å². The number of aliphatic imine (C=N–C) groups is 1. The molecule has 1 aromatic carbocycles. The minimum Gasteiger partial charge on any atom is -0.337 e. The van der Waals surface area contributed by atoms with E-state index in [0.717, 1.165) is 22.4 Å². The molecule has 0 fully saturated rings. The number of para-hydroxylation sites is 1. The largest absolute Gasteiger partial charge is 0.337 e. The van der Waals surface area contributed by atoms with Crippen LogP contribution in [0.3, 0.4) is 0 Å². The molecule has 0 amide bonds. The number of fused-ring (bicyclic) bond motifs is 1. The Balaban J connectivity index is 1.62. The molecular formula is C26H36N4S+2. The molecule has 0 bridgehead atoms. The van der Waals surface area contributed by atoms with Crippen molar-refractivity contribution < 1.29 is 9.05 Å². The third kappa shape index (κ3) is 6.49. The summed E-state index contributed by atoms with van der Waals surface area (Å²) < 4.78 is 4.57. The maximum Gasteiger partial charge on any atom is 0.262 e. The van der Waals surface area contributed by atoms with Crippen LogP contribution in [0.15, 0.2) is 71.0 Å². The zero-order valence-corrected chi connectivity index (χ0v) is 20.6. The third-order valence-electron chi connectivity index (χ3n) is 5.51. The summed E-state index contributed by atoms with van der Waals surface area (Å²) in [5.74, 6) is 1.16. The van der Waals surface area contributed by atoms with E-state index in [0.29, 0.717) is 0 Å². The number of nitrogens with zero attached hydrogens (tertiary/aromatic N) is 4. The second-order valence-electron chi connectivity index (χ2n) is 9.15. The Morgan fingerprint density at radius 1 is 1.10 bits per heavy atom. The van der Waals surface area contributed by atoms with Gasteiger partial charge in [-0.3, -0.25) is 0 Å². The van der Waals surface area contributed by atoms with Gasteiger partial charge in [-0.2, -0.15) is 4.57 Å². The molecule has 3 rings (SSSR count). The van der Waals surface area contributed by atoms with Gasteiger partial charge in [0.05, 0.1) is 33.4 Å². The summed E-state index contributed by atoms with van der Waals surface area (Å²) in [6, 6.07) is 8.51. The first-order valence-electron chi connectivity index (χ1n) is 11.0. The smallest absolute Gasteiger partial charge is 0.262 e. The lowest BCUT2D eigenvalue weighted by atomic mass is 10.1. The highest BCUT2D eigenvalue weighted by molar-refractivity contribution is 7.18. The predicted molar refractivity (Wildman–Crippen MR) is 135 cm³/mol. The molecule has 1 aromatic heterocycles. The van der Waals surface area contributed by atoms with Crippen LogP contribution in [0.5, 0.6) is 0 Å². The molecule has 1 aliphatic rings. The lowest BCUT2D eigenvalue weighted by Crippen LogP contribution is -2.35. The van der Waals surface area contributed by atoms with Gasteiger partial charge >= 0.3 is 0 Å². The molecular weight excluding hydrogens is 400 g/mol. The van der Waals surface area contributed by atoms with Crippen LogP contribution in [-0.2, 0) is 7.05 Å². The van der Waals surface area contributed by atoms with Crippen LogP contribution >= 0.6 is 11.3 Å². The molecule has 0 N–H and O–H groups in total.